The minimum absolute atomic E-state index is 0.00918. The number of aromatic nitrogens is 5. The first-order valence-corrected chi connectivity index (χ1v) is 5.72. The molecule has 102 valence electrons. The summed E-state index contributed by atoms with van der Waals surface area (Å²) < 4.78 is 2.08. The van der Waals surface area contributed by atoms with Crippen LogP contribution >= 0.6 is 0 Å². The first-order chi connectivity index (χ1) is 10.1. The lowest BCUT2D eigenvalue weighted by molar-refractivity contribution is 0.0997. The zero-order valence-electron chi connectivity index (χ0n) is 10.5. The Morgan fingerprint density at radius 1 is 1.38 bits per heavy atom. The summed E-state index contributed by atoms with van der Waals surface area (Å²) in [6.07, 6.45) is 1.15. The molecule has 0 radical (unpaired) electrons. The first kappa shape index (κ1) is 12.5. The third-order valence-electron chi connectivity index (χ3n) is 2.80. The van der Waals surface area contributed by atoms with Gasteiger partial charge >= 0.3 is 5.69 Å². The van der Waals surface area contributed by atoms with Gasteiger partial charge in [-0.05, 0) is 12.1 Å². The highest BCUT2D eigenvalue weighted by atomic mass is 16.2. The summed E-state index contributed by atoms with van der Waals surface area (Å²) in [4.78, 5) is 30.5. The lowest BCUT2D eigenvalue weighted by Gasteiger charge is -2.04. The van der Waals surface area contributed by atoms with E-state index in [1.807, 2.05) is 0 Å². The van der Waals surface area contributed by atoms with Crippen LogP contribution < -0.4 is 11.4 Å². The molecule has 0 aliphatic heterocycles. The number of hydrogen-bond donors (Lipinski definition) is 1. The molecule has 0 aliphatic rings. The second-order valence-corrected chi connectivity index (χ2v) is 4.07. The van der Waals surface area contributed by atoms with Crippen molar-refractivity contribution in [3.63, 3.8) is 0 Å². The number of carbonyl (C=O) groups is 1. The second-order valence-electron chi connectivity index (χ2n) is 4.07. The van der Waals surface area contributed by atoms with E-state index >= 15 is 0 Å². The Labute approximate surface area is 117 Å². The average Bonchev–Trinajstić information content (AvgIpc) is 2.93. The smallest absolute Gasteiger partial charge is 0.357 e. The zero-order chi connectivity index (χ0) is 15.0. The minimum Gasteiger partial charge on any atom is -0.364 e. The standard InChI is InChI=1S/C12H7N7O2/c1-14-7-3-2-4-8(5-7)19-12(21)18-6-15-9(10(13)20)11(18)16-17-19/h2-6H,(H2,13,20). The number of primary amides is 1. The van der Waals surface area contributed by atoms with Gasteiger partial charge in [0, 0.05) is 0 Å². The van der Waals surface area contributed by atoms with Gasteiger partial charge in [-0.1, -0.05) is 17.3 Å². The minimum atomic E-state index is -0.793. The maximum Gasteiger partial charge on any atom is 0.357 e. The van der Waals surface area contributed by atoms with Crippen LogP contribution in [-0.4, -0.2) is 30.3 Å². The molecule has 1 aromatic carbocycles. The van der Waals surface area contributed by atoms with Crippen LogP contribution in [0.15, 0.2) is 35.4 Å². The van der Waals surface area contributed by atoms with Gasteiger partial charge in [-0.2, -0.15) is 4.68 Å². The van der Waals surface area contributed by atoms with Gasteiger partial charge in [0.15, 0.2) is 17.0 Å². The Morgan fingerprint density at radius 2 is 2.19 bits per heavy atom. The molecule has 9 nitrogen and oxygen atoms in total. The Balaban J connectivity index is 2.26. The van der Waals surface area contributed by atoms with Gasteiger partial charge in [0.1, 0.15) is 6.33 Å². The van der Waals surface area contributed by atoms with Crippen LogP contribution in [0.1, 0.15) is 10.5 Å². The van der Waals surface area contributed by atoms with E-state index in [1.165, 1.54) is 6.07 Å². The molecule has 2 heterocycles. The van der Waals surface area contributed by atoms with Crippen molar-refractivity contribution in [1.82, 2.24) is 24.4 Å². The number of carbonyl (C=O) groups excluding carboxylic acids is 1. The molecule has 0 spiro atoms. The fourth-order valence-electron chi connectivity index (χ4n) is 1.84. The molecule has 9 heteroatoms. The van der Waals surface area contributed by atoms with Crippen LogP contribution in [0.5, 0.6) is 0 Å². The molecule has 3 rings (SSSR count). The third-order valence-corrected chi connectivity index (χ3v) is 2.80. The summed E-state index contributed by atoms with van der Waals surface area (Å²) in [5, 5.41) is 7.54. The van der Waals surface area contributed by atoms with Gasteiger partial charge in [0.25, 0.3) is 5.91 Å². The Kier molecular flexibility index (Phi) is 2.70. The molecule has 0 atom stereocenters. The number of nitrogens with zero attached hydrogens (tertiary/aromatic N) is 6. The number of rotatable bonds is 2. The largest absolute Gasteiger partial charge is 0.364 e. The number of benzene rings is 1. The second kappa shape index (κ2) is 4.53. The highest BCUT2D eigenvalue weighted by Gasteiger charge is 2.15. The van der Waals surface area contributed by atoms with Gasteiger partial charge in [-0.25, -0.2) is 19.0 Å². The van der Waals surface area contributed by atoms with Gasteiger partial charge < -0.3 is 5.73 Å². The van der Waals surface area contributed by atoms with Crippen molar-refractivity contribution in [1.29, 1.82) is 0 Å². The van der Waals surface area contributed by atoms with Crippen LogP contribution in [0.3, 0.4) is 0 Å². The normalized spacial score (nSPS) is 10.4. The summed E-state index contributed by atoms with van der Waals surface area (Å²) >= 11 is 0. The van der Waals surface area contributed by atoms with Gasteiger partial charge in [-0.3, -0.25) is 4.79 Å². The summed E-state index contributed by atoms with van der Waals surface area (Å²) in [6, 6.07) is 6.35. The van der Waals surface area contributed by atoms with E-state index in [9.17, 15) is 9.59 Å². The van der Waals surface area contributed by atoms with Gasteiger partial charge in [0.2, 0.25) is 0 Å². The van der Waals surface area contributed by atoms with E-state index in [4.69, 9.17) is 12.3 Å². The van der Waals surface area contributed by atoms with E-state index in [0.29, 0.717) is 11.4 Å². The molecule has 0 fully saturated rings. The predicted octanol–water partition coefficient (Wildman–Crippen LogP) is -0.0751. The Bertz CT molecular complexity index is 964. The summed E-state index contributed by atoms with van der Waals surface area (Å²) in [6.45, 7) is 6.97. The molecular formula is C12H7N7O2. The van der Waals surface area contributed by atoms with Crippen LogP contribution in [0, 0.1) is 6.57 Å². The molecule has 0 saturated heterocycles. The quantitative estimate of drug-likeness (QED) is 0.660. The number of fused-ring (bicyclic) bond motifs is 1. The van der Waals surface area contributed by atoms with Crippen molar-refractivity contribution in [3.05, 3.63) is 58.2 Å². The Hall–Kier alpha value is -3.54. The molecule has 3 aromatic rings. The zero-order valence-corrected chi connectivity index (χ0v) is 10.5. The fourth-order valence-corrected chi connectivity index (χ4v) is 1.84. The maximum absolute atomic E-state index is 12.3. The summed E-state index contributed by atoms with van der Waals surface area (Å²) in [7, 11) is 0. The first-order valence-electron chi connectivity index (χ1n) is 5.72. The predicted molar refractivity (Wildman–Crippen MR) is 71.2 cm³/mol. The van der Waals surface area contributed by atoms with Crippen molar-refractivity contribution in [2.75, 3.05) is 0 Å². The molecule has 0 saturated carbocycles. The van der Waals surface area contributed by atoms with Gasteiger partial charge in [0.05, 0.1) is 12.3 Å². The number of imidazole rings is 1. The van der Waals surface area contributed by atoms with E-state index in [2.05, 4.69) is 20.1 Å². The summed E-state index contributed by atoms with van der Waals surface area (Å²) in [5.41, 5.74) is 5.19. The highest BCUT2D eigenvalue weighted by Crippen LogP contribution is 2.15. The highest BCUT2D eigenvalue weighted by molar-refractivity contribution is 5.96. The maximum atomic E-state index is 12.3. The van der Waals surface area contributed by atoms with Crippen LogP contribution in [-0.2, 0) is 0 Å². The van der Waals surface area contributed by atoms with Crippen molar-refractivity contribution in [2.24, 2.45) is 5.73 Å². The molecule has 21 heavy (non-hydrogen) atoms. The third kappa shape index (κ3) is 1.91. The number of amides is 1. The molecule has 0 bridgehead atoms. The molecule has 2 aromatic heterocycles. The molecule has 0 aliphatic carbocycles. The molecule has 0 unspecified atom stereocenters. The van der Waals surface area contributed by atoms with E-state index < -0.39 is 11.6 Å². The lowest BCUT2D eigenvalue weighted by Crippen LogP contribution is -2.28. The summed E-state index contributed by atoms with van der Waals surface area (Å²) in [5.74, 6) is -0.793. The molecule has 2 N–H and O–H groups in total. The van der Waals surface area contributed by atoms with Gasteiger partial charge in [-0.15, -0.1) is 5.10 Å². The monoisotopic (exact) mass is 281 g/mol. The topological polar surface area (TPSA) is 113 Å². The molecule has 1 amide bonds. The fraction of sp³-hybridized carbons (Fsp3) is 0. The van der Waals surface area contributed by atoms with Crippen molar-refractivity contribution < 1.29 is 4.79 Å². The number of nitrogens with two attached hydrogens (primary N) is 1. The van der Waals surface area contributed by atoms with Crippen LogP contribution in [0.4, 0.5) is 5.69 Å². The van der Waals surface area contributed by atoms with Crippen molar-refractivity contribution in [3.8, 4) is 5.69 Å². The Morgan fingerprint density at radius 3 is 2.90 bits per heavy atom. The SMILES string of the molecule is [C-]#[N+]c1cccc(-n2nnc3c(C(N)=O)ncn3c2=O)c1. The van der Waals surface area contributed by atoms with Crippen LogP contribution in [0.2, 0.25) is 0 Å². The number of hydrogen-bond acceptors (Lipinski definition) is 5. The average molecular weight is 281 g/mol. The van der Waals surface area contributed by atoms with Crippen molar-refractivity contribution in [2.45, 2.75) is 0 Å². The van der Waals surface area contributed by atoms with E-state index in [0.717, 1.165) is 15.4 Å². The van der Waals surface area contributed by atoms with Crippen molar-refractivity contribution >= 4 is 17.2 Å². The van der Waals surface area contributed by atoms with Crippen LogP contribution in [0.25, 0.3) is 16.2 Å². The van der Waals surface area contributed by atoms with E-state index in [-0.39, 0.29) is 11.3 Å². The van der Waals surface area contributed by atoms with E-state index in [1.54, 1.807) is 18.2 Å². The lowest BCUT2D eigenvalue weighted by atomic mass is 10.3. The molecular weight excluding hydrogens is 274 g/mol.